The predicted molar refractivity (Wildman–Crippen MR) is 126 cm³/mol. The summed E-state index contributed by atoms with van der Waals surface area (Å²) in [5, 5.41) is 41.7. The second-order valence-electron chi connectivity index (χ2n) is 9.67. The van der Waals surface area contributed by atoms with Crippen molar-refractivity contribution in [3.63, 3.8) is 0 Å². The van der Waals surface area contributed by atoms with E-state index in [0.717, 1.165) is 16.7 Å². The Balaban J connectivity index is 2.46. The third-order valence-corrected chi connectivity index (χ3v) is 6.88. The van der Waals surface area contributed by atoms with Crippen molar-refractivity contribution in [3.8, 4) is 0 Å². The van der Waals surface area contributed by atoms with Gasteiger partial charge in [-0.3, -0.25) is 0 Å². The molecule has 0 fully saturated rings. The van der Waals surface area contributed by atoms with Crippen LogP contribution in [-0.4, -0.2) is 70.6 Å². The molecule has 0 aliphatic carbocycles. The number of aliphatic hydroxyl groups is 4. The number of carbonyl (C=O) groups excluding carboxylic acids is 1. The Morgan fingerprint density at radius 3 is 2.58 bits per heavy atom. The molecular formula is C26H40O7. The Kier molecular flexibility index (Phi) is 10.1. The highest BCUT2D eigenvalue weighted by Gasteiger charge is 2.35. The lowest BCUT2D eigenvalue weighted by molar-refractivity contribution is -0.165. The van der Waals surface area contributed by atoms with Gasteiger partial charge in [0.05, 0.1) is 18.3 Å². The van der Waals surface area contributed by atoms with E-state index >= 15 is 0 Å². The first-order chi connectivity index (χ1) is 15.5. The first kappa shape index (κ1) is 27.5. The van der Waals surface area contributed by atoms with Crippen LogP contribution in [0.25, 0.3) is 0 Å². The summed E-state index contributed by atoms with van der Waals surface area (Å²) in [5.41, 5.74) is 1.76. The fourth-order valence-electron chi connectivity index (χ4n) is 4.19. The van der Waals surface area contributed by atoms with Gasteiger partial charge in [-0.1, -0.05) is 51.1 Å². The number of aliphatic hydroxyl groups excluding tert-OH is 4. The molecule has 33 heavy (non-hydrogen) atoms. The molecule has 0 saturated carbocycles. The number of hydrogen-bond donors (Lipinski definition) is 4. The Morgan fingerprint density at radius 1 is 1.27 bits per heavy atom. The topological polar surface area (TPSA) is 116 Å². The number of carbonyl (C=O) groups is 1. The number of benzene rings is 1. The molecule has 1 aliphatic rings. The molecule has 0 saturated heterocycles. The Labute approximate surface area is 197 Å². The van der Waals surface area contributed by atoms with E-state index in [4.69, 9.17) is 9.47 Å². The normalized spacial score (nSPS) is 30.3. The Bertz CT molecular complexity index is 800. The minimum atomic E-state index is -1.70. The minimum Gasteiger partial charge on any atom is -0.456 e. The van der Waals surface area contributed by atoms with Gasteiger partial charge in [0.15, 0.2) is 6.10 Å². The van der Waals surface area contributed by atoms with E-state index in [2.05, 4.69) is 0 Å². The highest BCUT2D eigenvalue weighted by molar-refractivity contribution is 5.75. The summed E-state index contributed by atoms with van der Waals surface area (Å²) in [7, 11) is 1.55. The molecule has 186 valence electrons. The molecule has 7 nitrogen and oxygen atoms in total. The highest BCUT2D eigenvalue weighted by atomic mass is 16.6. The molecule has 6 atom stereocenters. The lowest BCUT2D eigenvalue weighted by Gasteiger charge is -2.35. The van der Waals surface area contributed by atoms with Crippen LogP contribution >= 0.6 is 0 Å². The number of rotatable bonds is 5. The van der Waals surface area contributed by atoms with Crippen molar-refractivity contribution < 1.29 is 34.7 Å². The van der Waals surface area contributed by atoms with Gasteiger partial charge in [-0.25, -0.2) is 4.79 Å². The van der Waals surface area contributed by atoms with Gasteiger partial charge in [-0.05, 0) is 30.0 Å². The van der Waals surface area contributed by atoms with Crippen LogP contribution in [0.2, 0.25) is 0 Å². The van der Waals surface area contributed by atoms with Crippen LogP contribution in [0.1, 0.15) is 58.1 Å². The summed E-state index contributed by atoms with van der Waals surface area (Å²) < 4.78 is 11.3. The van der Waals surface area contributed by atoms with Crippen LogP contribution in [0.4, 0.5) is 0 Å². The van der Waals surface area contributed by atoms with Crippen molar-refractivity contribution in [1.82, 2.24) is 0 Å². The number of ether oxygens (including phenoxy) is 2. The average Bonchev–Trinajstić information content (AvgIpc) is 2.79. The molecule has 1 aromatic rings. The zero-order valence-electron chi connectivity index (χ0n) is 20.4. The molecule has 0 unspecified atom stereocenters. The van der Waals surface area contributed by atoms with Crippen LogP contribution in [0.5, 0.6) is 0 Å². The number of hydrogen-bond acceptors (Lipinski definition) is 7. The van der Waals surface area contributed by atoms with Gasteiger partial charge < -0.3 is 29.9 Å². The van der Waals surface area contributed by atoms with Crippen LogP contribution < -0.4 is 0 Å². The monoisotopic (exact) mass is 464 g/mol. The van der Waals surface area contributed by atoms with E-state index in [1.807, 2.05) is 51.1 Å². The molecule has 0 spiro atoms. The van der Waals surface area contributed by atoms with Gasteiger partial charge in [0.1, 0.15) is 6.10 Å². The molecule has 1 aromatic carbocycles. The maximum Gasteiger partial charge on any atom is 0.338 e. The molecule has 0 aromatic heterocycles. The smallest absolute Gasteiger partial charge is 0.338 e. The first-order valence-electron chi connectivity index (χ1n) is 11.7. The quantitative estimate of drug-likeness (QED) is 0.390. The first-order valence-corrected chi connectivity index (χ1v) is 11.7. The van der Waals surface area contributed by atoms with E-state index < -0.39 is 41.9 Å². The maximum atomic E-state index is 12.7. The van der Waals surface area contributed by atoms with Gasteiger partial charge in [-0.2, -0.15) is 0 Å². The summed E-state index contributed by atoms with van der Waals surface area (Å²) in [4.78, 5) is 12.7. The van der Waals surface area contributed by atoms with E-state index in [0.29, 0.717) is 12.8 Å². The van der Waals surface area contributed by atoms with Gasteiger partial charge in [0, 0.05) is 44.3 Å². The molecule has 1 aliphatic heterocycles. The summed E-state index contributed by atoms with van der Waals surface area (Å²) in [6.07, 6.45) is -1.71. The zero-order chi connectivity index (χ0) is 24.8. The molecule has 0 radical (unpaired) electrons. The molecular weight excluding hydrogens is 424 g/mol. The predicted octanol–water partition coefficient (Wildman–Crippen LogP) is 2.27. The Morgan fingerprint density at radius 2 is 1.97 bits per heavy atom. The number of esters is 1. The molecule has 7 heteroatoms. The number of cyclic esters (lactones) is 1. The molecule has 2 bridgehead atoms. The number of fused-ring (bicyclic) bond motifs is 2. The van der Waals surface area contributed by atoms with Crippen molar-refractivity contribution >= 4 is 5.97 Å². The van der Waals surface area contributed by atoms with E-state index in [9.17, 15) is 25.2 Å². The molecule has 0 amide bonds. The van der Waals surface area contributed by atoms with Crippen LogP contribution in [0, 0.1) is 5.92 Å². The summed E-state index contributed by atoms with van der Waals surface area (Å²) in [5.74, 6) is -1.01. The van der Waals surface area contributed by atoms with Crippen molar-refractivity contribution in [3.05, 3.63) is 47.0 Å². The molecule has 4 N–H and O–H groups in total. The van der Waals surface area contributed by atoms with Crippen LogP contribution in [0.3, 0.4) is 0 Å². The summed E-state index contributed by atoms with van der Waals surface area (Å²) >= 11 is 0. The van der Waals surface area contributed by atoms with Crippen molar-refractivity contribution in [2.45, 2.75) is 89.3 Å². The van der Waals surface area contributed by atoms with Crippen LogP contribution in [-0.2, 0) is 26.1 Å². The zero-order valence-corrected chi connectivity index (χ0v) is 20.4. The largest absolute Gasteiger partial charge is 0.456 e. The standard InChI is InChI=1S/C26H40O7/c1-6-17(15-27)10-16(2)22-13-20(32-5)14-23(29)26(3,4)19-9-7-8-18(11-19)12-21(28)24(30)25(31)33-22/h7-11,17,20-24,27-30H,6,12-15H2,1-5H3/b16-10-/t17-,20-,21-,22+,23+,24+/m1/s1. The van der Waals surface area contributed by atoms with Gasteiger partial charge in [0.2, 0.25) is 0 Å². The third kappa shape index (κ3) is 7.11. The lowest BCUT2D eigenvalue weighted by atomic mass is 9.76. The van der Waals surface area contributed by atoms with Crippen LogP contribution in [0.15, 0.2) is 35.9 Å². The fraction of sp³-hybridized carbons (Fsp3) is 0.654. The Hall–Kier alpha value is -1.77. The molecule has 2 rings (SSSR count). The van der Waals surface area contributed by atoms with Crippen molar-refractivity contribution in [2.24, 2.45) is 5.92 Å². The molecule has 1 heterocycles. The second kappa shape index (κ2) is 12.1. The van der Waals surface area contributed by atoms with Gasteiger partial charge in [-0.15, -0.1) is 0 Å². The summed E-state index contributed by atoms with van der Waals surface area (Å²) in [6, 6.07) is 7.46. The van der Waals surface area contributed by atoms with Crippen molar-refractivity contribution in [1.29, 1.82) is 0 Å². The lowest BCUT2D eigenvalue weighted by Crippen LogP contribution is -2.41. The highest BCUT2D eigenvalue weighted by Crippen LogP contribution is 2.32. The van der Waals surface area contributed by atoms with E-state index in [1.54, 1.807) is 14.0 Å². The van der Waals surface area contributed by atoms with Gasteiger partial charge in [0.25, 0.3) is 0 Å². The van der Waals surface area contributed by atoms with E-state index in [1.165, 1.54) is 0 Å². The van der Waals surface area contributed by atoms with E-state index in [-0.39, 0.29) is 25.4 Å². The fourth-order valence-corrected chi connectivity index (χ4v) is 4.19. The van der Waals surface area contributed by atoms with Crippen molar-refractivity contribution in [2.75, 3.05) is 13.7 Å². The average molecular weight is 465 g/mol. The number of methoxy groups -OCH3 is 1. The summed E-state index contributed by atoms with van der Waals surface area (Å²) in [6.45, 7) is 7.64. The maximum absolute atomic E-state index is 12.7. The minimum absolute atomic E-state index is 0.0335. The SMILES string of the molecule is CC[C@H](/C=C(/C)[C@@H]1C[C@@H](OC)C[C@H](O)C(C)(C)c2cccc(c2)C[C@@H](O)[C@H](O)C(=O)O1)CO. The second-order valence-corrected chi connectivity index (χ2v) is 9.67. The third-order valence-electron chi connectivity index (χ3n) is 6.88. The van der Waals surface area contributed by atoms with Gasteiger partial charge >= 0.3 is 5.97 Å².